The van der Waals surface area contributed by atoms with E-state index in [1.54, 1.807) is 0 Å². The van der Waals surface area contributed by atoms with Gasteiger partial charge < -0.3 is 16.4 Å². The minimum absolute atomic E-state index is 0.193. The first-order valence-corrected chi connectivity index (χ1v) is 5.61. The van der Waals surface area contributed by atoms with Crippen molar-refractivity contribution in [1.29, 1.82) is 5.41 Å². The molecule has 1 rings (SSSR count). The van der Waals surface area contributed by atoms with Gasteiger partial charge in [-0.25, -0.2) is 4.79 Å². The Labute approximate surface area is 101 Å². The fourth-order valence-corrected chi connectivity index (χ4v) is 1.34. The van der Waals surface area contributed by atoms with Crippen LogP contribution in [0.25, 0.3) is 0 Å². The number of hydrogen-bond acceptors (Lipinski definition) is 2. The van der Waals surface area contributed by atoms with E-state index in [1.807, 2.05) is 30.3 Å². The largest absolute Gasteiger partial charge is 0.388 e. The number of benzene rings is 1. The summed E-state index contributed by atoms with van der Waals surface area (Å²) in [6.07, 6.45) is 2.23. The number of unbranched alkanes of at least 4 members (excludes halogenated alkanes) is 1. The third-order valence-corrected chi connectivity index (χ3v) is 2.19. The summed E-state index contributed by atoms with van der Waals surface area (Å²) in [5, 5.41) is 12.5. The Hall–Kier alpha value is -2.04. The fraction of sp³-hybridized carbons (Fsp3) is 0.333. The quantitative estimate of drug-likeness (QED) is 0.344. The Morgan fingerprint density at radius 1 is 1.24 bits per heavy atom. The topological polar surface area (TPSA) is 91.0 Å². The normalized spacial score (nSPS) is 9.65. The van der Waals surface area contributed by atoms with Crippen LogP contribution < -0.4 is 16.4 Å². The molecule has 2 amide bonds. The molecule has 0 fully saturated rings. The number of nitrogens with two attached hydrogens (primary N) is 1. The molecule has 5 nitrogen and oxygen atoms in total. The van der Waals surface area contributed by atoms with Gasteiger partial charge in [-0.3, -0.25) is 5.41 Å². The zero-order valence-electron chi connectivity index (χ0n) is 9.70. The van der Waals surface area contributed by atoms with Crippen molar-refractivity contribution < 1.29 is 4.79 Å². The molecule has 92 valence electrons. The van der Waals surface area contributed by atoms with Gasteiger partial charge in [0.1, 0.15) is 0 Å². The van der Waals surface area contributed by atoms with E-state index in [-0.39, 0.29) is 11.9 Å². The zero-order valence-corrected chi connectivity index (χ0v) is 9.70. The molecule has 0 saturated carbocycles. The lowest BCUT2D eigenvalue weighted by atomic mass is 10.2. The van der Waals surface area contributed by atoms with Crippen molar-refractivity contribution in [3.63, 3.8) is 0 Å². The van der Waals surface area contributed by atoms with Gasteiger partial charge in [0.15, 0.2) is 0 Å². The molecule has 0 atom stereocenters. The number of amidine groups is 1. The molecule has 0 spiro atoms. The van der Waals surface area contributed by atoms with Gasteiger partial charge in [-0.05, 0) is 25.0 Å². The summed E-state index contributed by atoms with van der Waals surface area (Å²) in [4.78, 5) is 11.4. The van der Waals surface area contributed by atoms with E-state index in [9.17, 15) is 4.79 Å². The molecule has 0 aliphatic carbocycles. The minimum Gasteiger partial charge on any atom is -0.388 e. The second kappa shape index (κ2) is 7.27. The molecule has 0 heterocycles. The molecule has 17 heavy (non-hydrogen) atoms. The molecule has 5 heteroatoms. The number of para-hydroxylation sites is 1. The second-order valence-electron chi connectivity index (χ2n) is 3.73. The van der Waals surface area contributed by atoms with Crippen LogP contribution in [-0.2, 0) is 0 Å². The highest BCUT2D eigenvalue weighted by atomic mass is 16.2. The number of carbonyl (C=O) groups excluding carboxylic acids is 1. The maximum absolute atomic E-state index is 11.4. The maximum Gasteiger partial charge on any atom is 0.319 e. The average molecular weight is 234 g/mol. The lowest BCUT2D eigenvalue weighted by molar-refractivity contribution is 0.252. The third kappa shape index (κ3) is 6.19. The Balaban J connectivity index is 2.12. The third-order valence-electron chi connectivity index (χ3n) is 2.19. The highest BCUT2D eigenvalue weighted by Gasteiger charge is 1.99. The van der Waals surface area contributed by atoms with E-state index >= 15 is 0 Å². The monoisotopic (exact) mass is 234 g/mol. The lowest BCUT2D eigenvalue weighted by Gasteiger charge is -2.07. The van der Waals surface area contributed by atoms with Crippen LogP contribution in [0.3, 0.4) is 0 Å². The van der Waals surface area contributed by atoms with Gasteiger partial charge >= 0.3 is 6.03 Å². The molecule has 0 aromatic heterocycles. The Morgan fingerprint density at radius 2 is 1.94 bits per heavy atom. The van der Waals surface area contributed by atoms with Crippen molar-refractivity contribution in [1.82, 2.24) is 5.32 Å². The molecule has 0 aliphatic rings. The summed E-state index contributed by atoms with van der Waals surface area (Å²) in [5.74, 6) is 0.193. The van der Waals surface area contributed by atoms with Crippen molar-refractivity contribution in [2.24, 2.45) is 5.73 Å². The standard InChI is InChI=1S/C12H18N4O/c13-11(14)8-4-5-9-15-12(17)16-10-6-2-1-3-7-10/h1-3,6-7H,4-5,8-9H2,(H3,13,14)(H2,15,16,17). The highest BCUT2D eigenvalue weighted by Crippen LogP contribution is 2.04. The van der Waals surface area contributed by atoms with Crippen LogP contribution in [0.5, 0.6) is 0 Å². The summed E-state index contributed by atoms with van der Waals surface area (Å²) in [5.41, 5.74) is 5.99. The van der Waals surface area contributed by atoms with Crippen molar-refractivity contribution >= 4 is 17.6 Å². The van der Waals surface area contributed by atoms with Crippen LogP contribution >= 0.6 is 0 Å². The first-order chi connectivity index (χ1) is 8.18. The van der Waals surface area contributed by atoms with Gasteiger partial charge in [-0.1, -0.05) is 18.2 Å². The van der Waals surface area contributed by atoms with E-state index in [0.29, 0.717) is 13.0 Å². The first-order valence-electron chi connectivity index (χ1n) is 5.61. The molecule has 0 aliphatic heterocycles. The number of hydrogen-bond donors (Lipinski definition) is 4. The minimum atomic E-state index is -0.209. The first kappa shape index (κ1) is 13.0. The van der Waals surface area contributed by atoms with Gasteiger partial charge in [0.05, 0.1) is 5.84 Å². The summed E-state index contributed by atoms with van der Waals surface area (Å²) in [7, 11) is 0. The van der Waals surface area contributed by atoms with Crippen LogP contribution in [0.15, 0.2) is 30.3 Å². The molecule has 1 aromatic carbocycles. The smallest absolute Gasteiger partial charge is 0.319 e. The van der Waals surface area contributed by atoms with Crippen molar-refractivity contribution in [3.05, 3.63) is 30.3 Å². The van der Waals surface area contributed by atoms with Gasteiger partial charge in [0.25, 0.3) is 0 Å². The predicted octanol–water partition coefficient (Wildman–Crippen LogP) is 1.91. The fourth-order valence-electron chi connectivity index (χ4n) is 1.34. The maximum atomic E-state index is 11.4. The van der Waals surface area contributed by atoms with Crippen molar-refractivity contribution in [2.45, 2.75) is 19.3 Å². The van der Waals surface area contributed by atoms with Crippen LogP contribution in [0.4, 0.5) is 10.5 Å². The predicted molar refractivity (Wildman–Crippen MR) is 69.2 cm³/mol. The number of carbonyl (C=O) groups is 1. The van der Waals surface area contributed by atoms with Gasteiger partial charge in [0, 0.05) is 18.7 Å². The number of anilines is 1. The van der Waals surface area contributed by atoms with Crippen molar-refractivity contribution in [3.8, 4) is 0 Å². The number of rotatable bonds is 6. The summed E-state index contributed by atoms with van der Waals surface area (Å²) < 4.78 is 0. The molecular formula is C12H18N4O. The molecular weight excluding hydrogens is 216 g/mol. The Morgan fingerprint density at radius 3 is 2.59 bits per heavy atom. The van der Waals surface area contributed by atoms with Gasteiger partial charge in [-0.15, -0.1) is 0 Å². The Bertz CT molecular complexity index is 364. The average Bonchev–Trinajstić information content (AvgIpc) is 2.29. The van der Waals surface area contributed by atoms with Crippen LogP contribution in [0.2, 0.25) is 0 Å². The van der Waals surface area contributed by atoms with Gasteiger partial charge in [-0.2, -0.15) is 0 Å². The number of urea groups is 1. The number of amides is 2. The number of nitrogens with one attached hydrogen (secondary N) is 3. The van der Waals surface area contributed by atoms with E-state index in [2.05, 4.69) is 10.6 Å². The summed E-state index contributed by atoms with van der Waals surface area (Å²) in [6, 6.07) is 9.07. The van der Waals surface area contributed by atoms with E-state index < -0.39 is 0 Å². The lowest BCUT2D eigenvalue weighted by Crippen LogP contribution is -2.29. The van der Waals surface area contributed by atoms with Gasteiger partial charge in [0.2, 0.25) is 0 Å². The SMILES string of the molecule is N=C(N)CCCCNC(=O)Nc1ccccc1. The Kier molecular flexibility index (Phi) is 5.57. The molecule has 1 aromatic rings. The van der Waals surface area contributed by atoms with Crippen LogP contribution in [-0.4, -0.2) is 18.4 Å². The zero-order chi connectivity index (χ0) is 12.5. The van der Waals surface area contributed by atoms with Crippen molar-refractivity contribution in [2.75, 3.05) is 11.9 Å². The summed E-state index contributed by atoms with van der Waals surface area (Å²) >= 11 is 0. The molecule has 0 saturated heterocycles. The van der Waals surface area contributed by atoms with E-state index in [4.69, 9.17) is 11.1 Å². The molecule has 0 bridgehead atoms. The summed E-state index contributed by atoms with van der Waals surface area (Å²) in [6.45, 7) is 0.589. The highest BCUT2D eigenvalue weighted by molar-refractivity contribution is 5.89. The second-order valence-corrected chi connectivity index (χ2v) is 3.73. The van der Waals surface area contributed by atoms with E-state index in [1.165, 1.54) is 0 Å². The molecule has 0 unspecified atom stereocenters. The van der Waals surface area contributed by atoms with E-state index in [0.717, 1.165) is 18.5 Å². The van der Waals surface area contributed by atoms with Crippen LogP contribution in [0.1, 0.15) is 19.3 Å². The molecule has 0 radical (unpaired) electrons. The molecule has 5 N–H and O–H groups in total. The van der Waals surface area contributed by atoms with Crippen LogP contribution in [0, 0.1) is 5.41 Å².